The molecule has 2 atom stereocenters. The first-order chi connectivity index (χ1) is 8.69. The molecule has 8 nitrogen and oxygen atoms in total. The summed E-state index contributed by atoms with van der Waals surface area (Å²) in [4.78, 5) is 19.1. The van der Waals surface area contributed by atoms with Crippen molar-refractivity contribution in [1.82, 2.24) is 0 Å². The summed E-state index contributed by atoms with van der Waals surface area (Å²) in [6.07, 6.45) is 0. The van der Waals surface area contributed by atoms with Gasteiger partial charge in [-0.2, -0.15) is 0 Å². The molecule has 0 fully saturated rings. The predicted molar refractivity (Wildman–Crippen MR) is 67.6 cm³/mol. The van der Waals surface area contributed by atoms with E-state index >= 15 is 0 Å². The van der Waals surface area contributed by atoms with Gasteiger partial charge in [0.25, 0.3) is 0 Å². The Labute approximate surface area is 109 Å². The van der Waals surface area contributed by atoms with E-state index in [9.17, 15) is 24.0 Å². The zero-order valence-corrected chi connectivity index (χ0v) is 12.2. The molecule has 0 bridgehead atoms. The second kappa shape index (κ2) is 5.63. The number of phenols is 1. The maximum Gasteiger partial charge on any atom is 0.362 e. The number of aromatic hydroxyl groups is 1. The number of ether oxygens (including phenoxy) is 1. The van der Waals surface area contributed by atoms with Gasteiger partial charge in [-0.05, 0) is 12.1 Å². The molecule has 19 heavy (non-hydrogen) atoms. The van der Waals surface area contributed by atoms with Gasteiger partial charge in [-0.3, -0.25) is 9.13 Å². The van der Waals surface area contributed by atoms with Gasteiger partial charge in [0.15, 0.2) is 0 Å². The molecule has 0 saturated heterocycles. The van der Waals surface area contributed by atoms with Crippen molar-refractivity contribution >= 4 is 25.8 Å². The fourth-order valence-corrected chi connectivity index (χ4v) is 3.16. The third-order valence-corrected chi connectivity index (χ3v) is 5.27. The van der Waals surface area contributed by atoms with Crippen LogP contribution in [0.4, 0.5) is 0 Å². The highest BCUT2D eigenvalue weighted by Gasteiger charge is 2.34. The monoisotopic (exact) mass is 312 g/mol. The molecule has 0 aliphatic carbocycles. The van der Waals surface area contributed by atoms with E-state index in [1.807, 2.05) is 0 Å². The highest BCUT2D eigenvalue weighted by atomic mass is 31.2. The molecule has 10 heteroatoms. The molecular weight excluding hydrogens is 298 g/mol. The number of hydrogen-bond acceptors (Lipinski definition) is 6. The van der Waals surface area contributed by atoms with Crippen molar-refractivity contribution < 1.29 is 37.8 Å². The van der Waals surface area contributed by atoms with Crippen LogP contribution in [0.1, 0.15) is 0 Å². The van der Waals surface area contributed by atoms with Crippen molar-refractivity contribution in [2.75, 3.05) is 21.3 Å². The van der Waals surface area contributed by atoms with Crippen LogP contribution < -0.4 is 15.3 Å². The van der Waals surface area contributed by atoms with Gasteiger partial charge in [0.05, 0.1) is 7.11 Å². The molecule has 3 N–H and O–H groups in total. The molecule has 0 aliphatic heterocycles. The fourth-order valence-electron chi connectivity index (χ4n) is 1.32. The average Bonchev–Trinajstić information content (AvgIpc) is 2.38. The lowest BCUT2D eigenvalue weighted by Crippen LogP contribution is -2.17. The summed E-state index contributed by atoms with van der Waals surface area (Å²) >= 11 is 0. The topological polar surface area (TPSA) is 123 Å². The minimum atomic E-state index is -4.33. The summed E-state index contributed by atoms with van der Waals surface area (Å²) in [6.45, 7) is 0. The fraction of sp³-hybridized carbons (Fsp3) is 0.333. The third-order valence-electron chi connectivity index (χ3n) is 2.38. The van der Waals surface area contributed by atoms with E-state index in [-0.39, 0.29) is 5.75 Å². The summed E-state index contributed by atoms with van der Waals surface area (Å²) in [7, 11) is -5.47. The molecular formula is C9H14O8P2. The number of rotatable bonds is 5. The standard InChI is InChI=1S/C9H14O8P2/c1-15-6-4-7(18(11,12)16-2)9(10)8(5-6)19(13,14)17-3/h4-5,10H,1-3H3,(H,11,12)(H,13,14). The number of hydrogen-bond donors (Lipinski definition) is 3. The Bertz CT molecular complexity index is 524. The van der Waals surface area contributed by atoms with Crippen molar-refractivity contribution in [3.05, 3.63) is 12.1 Å². The first-order valence-electron chi connectivity index (χ1n) is 4.88. The molecule has 0 amide bonds. The predicted octanol–water partition coefficient (Wildman–Crippen LogP) is 0.315. The van der Waals surface area contributed by atoms with Crippen molar-refractivity contribution in [1.29, 1.82) is 0 Å². The molecule has 0 aliphatic rings. The second-order valence-electron chi connectivity index (χ2n) is 3.42. The van der Waals surface area contributed by atoms with Gasteiger partial charge in [-0.15, -0.1) is 0 Å². The van der Waals surface area contributed by atoms with Crippen molar-refractivity contribution in [3.8, 4) is 11.5 Å². The van der Waals surface area contributed by atoms with E-state index in [1.165, 1.54) is 7.11 Å². The summed E-state index contributed by atoms with van der Waals surface area (Å²) in [6, 6.07) is 2.08. The Balaban J connectivity index is 3.65. The maximum absolute atomic E-state index is 11.7. The van der Waals surface area contributed by atoms with Crippen LogP contribution >= 0.6 is 15.2 Å². The molecule has 1 aromatic carbocycles. The van der Waals surface area contributed by atoms with Crippen LogP contribution in [0.25, 0.3) is 0 Å². The molecule has 2 unspecified atom stereocenters. The van der Waals surface area contributed by atoms with E-state index in [0.717, 1.165) is 26.4 Å². The van der Waals surface area contributed by atoms with Gasteiger partial charge < -0.3 is 28.7 Å². The molecule has 0 radical (unpaired) electrons. The second-order valence-corrected chi connectivity index (χ2v) is 7.20. The summed E-state index contributed by atoms with van der Waals surface area (Å²) in [5.41, 5.74) is 0. The first-order valence-corrected chi connectivity index (χ1v) is 8.04. The van der Waals surface area contributed by atoms with E-state index < -0.39 is 31.6 Å². The molecule has 0 spiro atoms. The summed E-state index contributed by atoms with van der Waals surface area (Å²) < 4.78 is 37.1. The van der Waals surface area contributed by atoms with Gasteiger partial charge >= 0.3 is 15.2 Å². The van der Waals surface area contributed by atoms with Crippen molar-refractivity contribution in [2.45, 2.75) is 0 Å². The Kier molecular flexibility index (Phi) is 4.79. The Morgan fingerprint density at radius 1 is 0.947 bits per heavy atom. The molecule has 0 aromatic heterocycles. The van der Waals surface area contributed by atoms with Crippen LogP contribution in [0.5, 0.6) is 11.5 Å². The molecule has 0 saturated carbocycles. The lowest BCUT2D eigenvalue weighted by atomic mass is 10.3. The minimum absolute atomic E-state index is 0.000417. The number of methoxy groups -OCH3 is 1. The molecule has 0 heterocycles. The zero-order valence-electron chi connectivity index (χ0n) is 10.4. The van der Waals surface area contributed by atoms with Crippen molar-refractivity contribution in [2.24, 2.45) is 0 Å². The maximum atomic E-state index is 11.7. The summed E-state index contributed by atoms with van der Waals surface area (Å²) in [5, 5.41) is 8.77. The highest BCUT2D eigenvalue weighted by molar-refractivity contribution is 7.63. The lowest BCUT2D eigenvalue weighted by molar-refractivity contribution is 0.324. The molecule has 1 rings (SSSR count). The first kappa shape index (κ1) is 16.2. The third kappa shape index (κ3) is 3.17. The Hall–Kier alpha value is -0.880. The van der Waals surface area contributed by atoms with E-state index in [4.69, 9.17) is 4.74 Å². The van der Waals surface area contributed by atoms with Crippen LogP contribution in [-0.2, 0) is 18.2 Å². The quantitative estimate of drug-likeness (QED) is 0.664. The smallest absolute Gasteiger partial charge is 0.362 e. The Morgan fingerprint density at radius 3 is 1.58 bits per heavy atom. The minimum Gasteiger partial charge on any atom is -0.506 e. The number of benzene rings is 1. The zero-order chi connectivity index (χ0) is 14.8. The molecule has 1 aromatic rings. The van der Waals surface area contributed by atoms with Crippen molar-refractivity contribution in [3.63, 3.8) is 0 Å². The number of phenolic OH excluding ortho intramolecular Hbond substituents is 1. The summed E-state index contributed by atoms with van der Waals surface area (Å²) in [5.74, 6) is -0.846. The van der Waals surface area contributed by atoms with Crippen LogP contribution in [-0.4, -0.2) is 36.2 Å². The SMILES string of the molecule is COc1cc(P(=O)(O)OC)c(O)c(P(=O)(O)OC)c1. The van der Waals surface area contributed by atoms with Gasteiger partial charge in [0.1, 0.15) is 22.1 Å². The van der Waals surface area contributed by atoms with Crippen LogP contribution in [0.15, 0.2) is 12.1 Å². The largest absolute Gasteiger partial charge is 0.506 e. The van der Waals surface area contributed by atoms with Gasteiger partial charge in [-0.25, -0.2) is 0 Å². The normalized spacial score (nSPS) is 17.5. The highest BCUT2D eigenvalue weighted by Crippen LogP contribution is 2.48. The average molecular weight is 312 g/mol. The Morgan fingerprint density at radius 2 is 1.32 bits per heavy atom. The van der Waals surface area contributed by atoms with E-state index in [1.54, 1.807) is 0 Å². The lowest BCUT2D eigenvalue weighted by Gasteiger charge is -2.17. The van der Waals surface area contributed by atoms with Crippen LogP contribution in [0.3, 0.4) is 0 Å². The van der Waals surface area contributed by atoms with Crippen LogP contribution in [0.2, 0.25) is 0 Å². The van der Waals surface area contributed by atoms with Gasteiger partial charge in [-0.1, -0.05) is 0 Å². The van der Waals surface area contributed by atoms with Gasteiger partial charge in [0, 0.05) is 14.2 Å². The van der Waals surface area contributed by atoms with E-state index in [2.05, 4.69) is 9.05 Å². The van der Waals surface area contributed by atoms with Gasteiger partial charge in [0.2, 0.25) is 0 Å². The van der Waals surface area contributed by atoms with Crippen LogP contribution in [0, 0.1) is 0 Å². The van der Waals surface area contributed by atoms with E-state index in [0.29, 0.717) is 0 Å². The molecule has 108 valence electrons.